The van der Waals surface area contributed by atoms with Crippen LogP contribution in [0.2, 0.25) is 0 Å². The zero-order chi connectivity index (χ0) is 18.0. The van der Waals surface area contributed by atoms with Crippen molar-refractivity contribution >= 4 is 11.8 Å². The normalized spacial score (nSPS) is 18.8. The van der Waals surface area contributed by atoms with E-state index in [0.717, 1.165) is 18.4 Å². The van der Waals surface area contributed by atoms with Crippen molar-refractivity contribution in [1.82, 2.24) is 25.4 Å². The molecule has 132 valence electrons. The Bertz CT molecular complexity index is 780. The molecule has 0 spiro atoms. The molecule has 0 aliphatic carbocycles. The number of carbonyl (C=O) groups excluding carboxylic acids is 2. The number of carbonyl (C=O) groups is 2. The van der Waals surface area contributed by atoms with Gasteiger partial charge in [0, 0.05) is 37.0 Å². The Morgan fingerprint density at radius 1 is 1.36 bits per heavy atom. The van der Waals surface area contributed by atoms with Crippen LogP contribution >= 0.6 is 0 Å². The minimum atomic E-state index is -0.519. The van der Waals surface area contributed by atoms with Gasteiger partial charge < -0.3 is 10.6 Å². The van der Waals surface area contributed by atoms with Crippen molar-refractivity contribution in [3.8, 4) is 11.3 Å². The summed E-state index contributed by atoms with van der Waals surface area (Å²) in [4.78, 5) is 29.0. The molecule has 7 heteroatoms. The van der Waals surface area contributed by atoms with Gasteiger partial charge in [-0.1, -0.05) is 13.8 Å². The van der Waals surface area contributed by atoms with Gasteiger partial charge in [-0.15, -0.1) is 0 Å². The predicted octanol–water partition coefficient (Wildman–Crippen LogP) is 1.52. The lowest BCUT2D eigenvalue weighted by Crippen LogP contribution is -2.49. The molecule has 25 heavy (non-hydrogen) atoms. The number of rotatable bonds is 5. The molecule has 3 rings (SSSR count). The van der Waals surface area contributed by atoms with Crippen LogP contribution in [0.1, 0.15) is 37.2 Å². The van der Waals surface area contributed by atoms with E-state index in [1.807, 2.05) is 12.1 Å². The highest BCUT2D eigenvalue weighted by atomic mass is 16.2. The second-order valence-corrected chi connectivity index (χ2v) is 6.47. The van der Waals surface area contributed by atoms with Crippen molar-refractivity contribution in [3.05, 3.63) is 36.3 Å². The molecule has 0 radical (unpaired) electrons. The zero-order valence-electron chi connectivity index (χ0n) is 14.7. The summed E-state index contributed by atoms with van der Waals surface area (Å²) in [5, 5.41) is 10.2. The lowest BCUT2D eigenvalue weighted by atomic mass is 9.77. The molecule has 1 aliphatic rings. The van der Waals surface area contributed by atoms with Crippen LogP contribution in [0, 0.1) is 5.41 Å². The maximum atomic E-state index is 12.8. The average molecular weight is 341 g/mol. The molecule has 0 bridgehead atoms. The molecule has 7 nitrogen and oxygen atoms in total. The van der Waals surface area contributed by atoms with Gasteiger partial charge in [0.2, 0.25) is 5.91 Å². The van der Waals surface area contributed by atoms with E-state index in [1.54, 1.807) is 25.5 Å². The summed E-state index contributed by atoms with van der Waals surface area (Å²) in [5.74, 6) is -0.405. The molecule has 1 fully saturated rings. The highest BCUT2D eigenvalue weighted by molar-refractivity contribution is 5.98. The van der Waals surface area contributed by atoms with Gasteiger partial charge >= 0.3 is 0 Å². The molecule has 0 unspecified atom stereocenters. The van der Waals surface area contributed by atoms with Crippen LogP contribution in [-0.2, 0) is 11.8 Å². The minimum absolute atomic E-state index is 0.117. The number of amides is 2. The van der Waals surface area contributed by atoms with Crippen LogP contribution in [0.15, 0.2) is 30.6 Å². The fraction of sp³-hybridized carbons (Fsp3) is 0.444. The smallest absolute Gasteiger partial charge is 0.270 e. The maximum Gasteiger partial charge on any atom is 0.270 e. The van der Waals surface area contributed by atoms with Gasteiger partial charge in [0.1, 0.15) is 11.7 Å². The molecule has 1 atom stereocenters. The lowest BCUT2D eigenvalue weighted by molar-refractivity contribution is -0.121. The highest BCUT2D eigenvalue weighted by Gasteiger charge is 2.46. The van der Waals surface area contributed by atoms with Gasteiger partial charge in [0.25, 0.3) is 5.91 Å². The SMILES string of the molecule is CCC1(CC)CNC(=O)[C@H]1NC(=O)c1cc(-c2ccncc2)nn1C. The molecule has 2 amide bonds. The van der Waals surface area contributed by atoms with Crippen molar-refractivity contribution < 1.29 is 9.59 Å². The Labute approximate surface area is 146 Å². The summed E-state index contributed by atoms with van der Waals surface area (Å²) in [6.45, 7) is 4.69. The predicted molar refractivity (Wildman–Crippen MR) is 93.7 cm³/mol. The molecule has 1 aliphatic heterocycles. The molecule has 1 saturated heterocycles. The fourth-order valence-electron chi connectivity index (χ4n) is 3.42. The maximum absolute atomic E-state index is 12.8. The minimum Gasteiger partial charge on any atom is -0.354 e. The number of nitrogens with zero attached hydrogens (tertiary/aromatic N) is 3. The highest BCUT2D eigenvalue weighted by Crippen LogP contribution is 2.34. The monoisotopic (exact) mass is 341 g/mol. The summed E-state index contributed by atoms with van der Waals surface area (Å²) >= 11 is 0. The van der Waals surface area contributed by atoms with Gasteiger partial charge in [-0.05, 0) is 31.0 Å². The Hall–Kier alpha value is -2.70. The van der Waals surface area contributed by atoms with E-state index in [2.05, 4.69) is 34.6 Å². The molecule has 2 aromatic rings. The number of pyridine rings is 1. The van der Waals surface area contributed by atoms with Gasteiger partial charge in [0.05, 0.1) is 5.69 Å². The van der Waals surface area contributed by atoms with E-state index < -0.39 is 6.04 Å². The summed E-state index contributed by atoms with van der Waals surface area (Å²) < 4.78 is 1.54. The second-order valence-electron chi connectivity index (χ2n) is 6.47. The van der Waals surface area contributed by atoms with Gasteiger partial charge in [0.15, 0.2) is 0 Å². The number of aromatic nitrogens is 3. The number of nitrogens with one attached hydrogen (secondary N) is 2. The summed E-state index contributed by atoms with van der Waals surface area (Å²) in [6.07, 6.45) is 5.01. The first-order chi connectivity index (χ1) is 12.0. The van der Waals surface area contributed by atoms with E-state index in [9.17, 15) is 9.59 Å². The third-order valence-electron chi connectivity index (χ3n) is 5.26. The third-order valence-corrected chi connectivity index (χ3v) is 5.26. The number of hydrogen-bond acceptors (Lipinski definition) is 4. The van der Waals surface area contributed by atoms with Crippen LogP contribution in [0.5, 0.6) is 0 Å². The molecular weight excluding hydrogens is 318 g/mol. The Balaban J connectivity index is 1.84. The van der Waals surface area contributed by atoms with Gasteiger partial charge in [-0.3, -0.25) is 19.3 Å². The quantitative estimate of drug-likeness (QED) is 0.863. The molecule has 0 aromatic carbocycles. The topological polar surface area (TPSA) is 88.9 Å². The Morgan fingerprint density at radius 2 is 2.04 bits per heavy atom. The van der Waals surface area contributed by atoms with E-state index in [-0.39, 0.29) is 17.2 Å². The number of aryl methyl sites for hydroxylation is 1. The van der Waals surface area contributed by atoms with Crippen LogP contribution in [0.4, 0.5) is 0 Å². The van der Waals surface area contributed by atoms with Gasteiger partial charge in [-0.2, -0.15) is 5.10 Å². The van der Waals surface area contributed by atoms with E-state index >= 15 is 0 Å². The second kappa shape index (κ2) is 6.66. The molecule has 2 aromatic heterocycles. The summed E-state index contributed by atoms with van der Waals surface area (Å²) in [7, 11) is 1.72. The summed E-state index contributed by atoms with van der Waals surface area (Å²) in [6, 6.07) is 4.90. The average Bonchev–Trinajstić information content (AvgIpc) is 3.17. The van der Waals surface area contributed by atoms with E-state index in [1.165, 1.54) is 4.68 Å². The number of hydrogen-bond donors (Lipinski definition) is 2. The van der Waals surface area contributed by atoms with E-state index in [0.29, 0.717) is 17.9 Å². The molecular formula is C18H23N5O2. The van der Waals surface area contributed by atoms with Crippen molar-refractivity contribution in [1.29, 1.82) is 0 Å². The molecule has 0 saturated carbocycles. The van der Waals surface area contributed by atoms with Crippen LogP contribution in [0.3, 0.4) is 0 Å². The lowest BCUT2D eigenvalue weighted by Gasteiger charge is -2.31. The van der Waals surface area contributed by atoms with E-state index in [4.69, 9.17) is 0 Å². The Kier molecular flexibility index (Phi) is 4.57. The first-order valence-electron chi connectivity index (χ1n) is 8.53. The molecule has 3 heterocycles. The van der Waals surface area contributed by atoms with Crippen molar-refractivity contribution in [2.75, 3.05) is 6.54 Å². The molecule has 2 N–H and O–H groups in total. The van der Waals surface area contributed by atoms with Crippen molar-refractivity contribution in [2.24, 2.45) is 12.5 Å². The Morgan fingerprint density at radius 3 is 2.68 bits per heavy atom. The third kappa shape index (κ3) is 3.01. The van der Waals surface area contributed by atoms with Gasteiger partial charge in [-0.25, -0.2) is 0 Å². The van der Waals surface area contributed by atoms with Crippen molar-refractivity contribution in [3.63, 3.8) is 0 Å². The standard InChI is InChI=1S/C18H23N5O2/c1-4-18(5-2)11-20-17(25)15(18)21-16(24)14-10-13(22-23(14)3)12-6-8-19-9-7-12/h6-10,15H,4-5,11H2,1-3H3,(H,20,25)(H,21,24)/t15-/m1/s1. The fourth-order valence-corrected chi connectivity index (χ4v) is 3.42. The zero-order valence-corrected chi connectivity index (χ0v) is 14.7. The van der Waals surface area contributed by atoms with Crippen molar-refractivity contribution in [2.45, 2.75) is 32.7 Å². The largest absolute Gasteiger partial charge is 0.354 e. The van der Waals surface area contributed by atoms with Crippen LogP contribution in [0.25, 0.3) is 11.3 Å². The first-order valence-corrected chi connectivity index (χ1v) is 8.53. The summed E-state index contributed by atoms with van der Waals surface area (Å²) in [5.41, 5.74) is 1.77. The van der Waals surface area contributed by atoms with Crippen LogP contribution in [-0.4, -0.2) is 39.2 Å². The first kappa shape index (κ1) is 17.1. The van der Waals surface area contributed by atoms with Crippen LogP contribution < -0.4 is 10.6 Å².